The first-order valence-electron chi connectivity index (χ1n) is 10.3. The molecule has 158 valence electrons. The molecule has 0 aliphatic rings. The number of thiophene rings is 1. The summed E-state index contributed by atoms with van der Waals surface area (Å²) in [6.07, 6.45) is 7.53. The zero-order valence-electron chi connectivity index (χ0n) is 17.4. The van der Waals surface area contributed by atoms with Crippen molar-refractivity contribution in [2.45, 2.75) is 46.1 Å². The van der Waals surface area contributed by atoms with E-state index >= 15 is 0 Å². The minimum Gasteiger partial charge on any atom is -0.463 e. The van der Waals surface area contributed by atoms with Gasteiger partial charge < -0.3 is 9.30 Å². The van der Waals surface area contributed by atoms with Crippen LogP contribution < -0.4 is 0 Å². The summed E-state index contributed by atoms with van der Waals surface area (Å²) in [5.74, 6) is 0.795. The molecule has 0 bridgehead atoms. The van der Waals surface area contributed by atoms with Gasteiger partial charge in [-0.3, -0.25) is 0 Å². The molecular weight excluding hydrogens is 507 g/mol. The number of aryl methyl sites for hydroxylation is 1. The number of rotatable bonds is 10. The van der Waals surface area contributed by atoms with Crippen molar-refractivity contribution in [1.82, 2.24) is 9.55 Å². The van der Waals surface area contributed by atoms with Gasteiger partial charge in [-0.25, -0.2) is 9.78 Å². The Morgan fingerprint density at radius 2 is 2.03 bits per heavy atom. The van der Waals surface area contributed by atoms with E-state index in [1.54, 1.807) is 11.3 Å². The number of hydrogen-bond donors (Lipinski definition) is 0. The van der Waals surface area contributed by atoms with Gasteiger partial charge in [-0.1, -0.05) is 31.5 Å². The standard InChI is InChI=1S/C24H27IN2O2S/c1-3-5-8-23-26-16-21(27(23)17-18-9-11-20(25)12-10-18)14-19(24(28)29-4-2)15-22-7-6-13-30-22/h6-7,9-14,16H,3-5,8,15,17H2,1-2H3/b19-14+. The summed E-state index contributed by atoms with van der Waals surface area (Å²) in [4.78, 5) is 18.5. The molecule has 30 heavy (non-hydrogen) atoms. The fraction of sp³-hybridized carbons (Fsp3) is 0.333. The molecule has 3 rings (SSSR count). The number of hydrogen-bond acceptors (Lipinski definition) is 4. The van der Waals surface area contributed by atoms with Crippen LogP contribution in [-0.4, -0.2) is 22.1 Å². The fourth-order valence-electron chi connectivity index (χ4n) is 3.22. The molecule has 0 N–H and O–H groups in total. The van der Waals surface area contributed by atoms with E-state index in [4.69, 9.17) is 9.72 Å². The first-order chi connectivity index (χ1) is 14.6. The Hall–Kier alpha value is -1.93. The van der Waals surface area contributed by atoms with Crippen LogP contribution in [0.4, 0.5) is 0 Å². The van der Waals surface area contributed by atoms with Gasteiger partial charge in [0.15, 0.2) is 0 Å². The first kappa shape index (κ1) is 22.7. The van der Waals surface area contributed by atoms with Crippen molar-refractivity contribution < 1.29 is 9.53 Å². The van der Waals surface area contributed by atoms with E-state index in [1.807, 2.05) is 36.7 Å². The van der Waals surface area contributed by atoms with Crippen LogP contribution in [0.2, 0.25) is 0 Å². The van der Waals surface area contributed by atoms with E-state index in [0.717, 1.165) is 42.2 Å². The zero-order chi connectivity index (χ0) is 21.3. The third kappa shape index (κ3) is 6.28. The summed E-state index contributed by atoms with van der Waals surface area (Å²) >= 11 is 3.97. The molecular formula is C24H27IN2O2S. The largest absolute Gasteiger partial charge is 0.463 e. The smallest absolute Gasteiger partial charge is 0.334 e. The third-order valence-electron chi connectivity index (χ3n) is 4.78. The van der Waals surface area contributed by atoms with Gasteiger partial charge in [-0.2, -0.15) is 0 Å². The van der Waals surface area contributed by atoms with Crippen molar-refractivity contribution in [3.05, 3.63) is 79.1 Å². The molecule has 0 amide bonds. The Morgan fingerprint density at radius 1 is 1.23 bits per heavy atom. The van der Waals surface area contributed by atoms with Crippen LogP contribution in [-0.2, 0) is 28.9 Å². The van der Waals surface area contributed by atoms with Crippen LogP contribution in [0.5, 0.6) is 0 Å². The van der Waals surface area contributed by atoms with Crippen LogP contribution in [0.3, 0.4) is 0 Å². The first-order valence-corrected chi connectivity index (χ1v) is 12.3. The van der Waals surface area contributed by atoms with Gasteiger partial charge in [0.2, 0.25) is 0 Å². The average Bonchev–Trinajstić information content (AvgIpc) is 3.38. The fourth-order valence-corrected chi connectivity index (χ4v) is 4.31. The Balaban J connectivity index is 1.97. The van der Waals surface area contributed by atoms with Crippen molar-refractivity contribution in [3.8, 4) is 0 Å². The SMILES string of the molecule is CCCCc1ncc(/C=C(\Cc2cccs2)C(=O)OCC)n1Cc1ccc(I)cc1. The van der Waals surface area contributed by atoms with Crippen LogP contribution in [0.25, 0.3) is 6.08 Å². The predicted molar refractivity (Wildman–Crippen MR) is 132 cm³/mol. The number of ether oxygens (including phenoxy) is 1. The number of halogens is 1. The van der Waals surface area contributed by atoms with Gasteiger partial charge in [0.25, 0.3) is 0 Å². The number of aromatic nitrogens is 2. The van der Waals surface area contributed by atoms with Crippen LogP contribution in [0, 0.1) is 3.57 Å². The van der Waals surface area contributed by atoms with Crippen molar-refractivity contribution in [1.29, 1.82) is 0 Å². The van der Waals surface area contributed by atoms with E-state index in [-0.39, 0.29) is 5.97 Å². The molecule has 4 nitrogen and oxygen atoms in total. The van der Waals surface area contributed by atoms with Gasteiger partial charge in [-0.05, 0) is 71.2 Å². The van der Waals surface area contributed by atoms with E-state index in [0.29, 0.717) is 18.6 Å². The molecule has 0 saturated carbocycles. The minimum absolute atomic E-state index is 0.261. The molecule has 0 aliphatic carbocycles. The second kappa shape index (κ2) is 11.5. The maximum Gasteiger partial charge on any atom is 0.334 e. The van der Waals surface area contributed by atoms with Gasteiger partial charge in [-0.15, -0.1) is 11.3 Å². The minimum atomic E-state index is -0.261. The molecule has 1 aromatic carbocycles. The number of carbonyl (C=O) groups is 1. The summed E-state index contributed by atoms with van der Waals surface area (Å²) < 4.78 is 8.78. The maximum absolute atomic E-state index is 12.6. The Morgan fingerprint density at radius 3 is 2.70 bits per heavy atom. The normalized spacial score (nSPS) is 11.6. The van der Waals surface area contributed by atoms with E-state index in [1.165, 1.54) is 9.13 Å². The average molecular weight is 534 g/mol. The molecule has 3 aromatic rings. The Kier molecular flexibility index (Phi) is 8.69. The van der Waals surface area contributed by atoms with Crippen LogP contribution in [0.15, 0.2) is 53.5 Å². The lowest BCUT2D eigenvalue weighted by Crippen LogP contribution is -2.11. The van der Waals surface area contributed by atoms with Gasteiger partial charge in [0, 0.05) is 33.4 Å². The molecule has 6 heteroatoms. The van der Waals surface area contributed by atoms with Crippen LogP contribution >= 0.6 is 33.9 Å². The van der Waals surface area contributed by atoms with Crippen molar-refractivity contribution in [2.24, 2.45) is 0 Å². The number of benzene rings is 1. The summed E-state index contributed by atoms with van der Waals surface area (Å²) in [5, 5.41) is 2.03. The van der Waals surface area contributed by atoms with Gasteiger partial charge >= 0.3 is 5.97 Å². The Bertz CT molecular complexity index is 975. The van der Waals surface area contributed by atoms with Crippen LogP contribution in [0.1, 0.15) is 48.6 Å². The lowest BCUT2D eigenvalue weighted by atomic mass is 10.1. The van der Waals surface area contributed by atoms with E-state index in [9.17, 15) is 4.79 Å². The molecule has 2 heterocycles. The molecule has 0 aliphatic heterocycles. The highest BCUT2D eigenvalue weighted by Crippen LogP contribution is 2.21. The lowest BCUT2D eigenvalue weighted by Gasteiger charge is -2.12. The lowest BCUT2D eigenvalue weighted by molar-refractivity contribution is -0.138. The Labute approximate surface area is 196 Å². The highest BCUT2D eigenvalue weighted by atomic mass is 127. The van der Waals surface area contributed by atoms with Crippen molar-refractivity contribution >= 4 is 46.0 Å². The summed E-state index contributed by atoms with van der Waals surface area (Å²) in [6.45, 7) is 5.12. The summed E-state index contributed by atoms with van der Waals surface area (Å²) in [5.41, 5.74) is 2.82. The number of unbranched alkanes of at least 4 members (excludes halogenated alkanes) is 1. The number of carbonyl (C=O) groups excluding carboxylic acids is 1. The molecule has 0 saturated heterocycles. The quantitative estimate of drug-likeness (QED) is 0.179. The molecule has 0 unspecified atom stereocenters. The zero-order valence-corrected chi connectivity index (χ0v) is 20.4. The molecule has 0 spiro atoms. The van der Waals surface area contributed by atoms with Gasteiger partial charge in [0.1, 0.15) is 5.82 Å². The second-order valence-electron chi connectivity index (χ2n) is 7.06. The highest BCUT2D eigenvalue weighted by molar-refractivity contribution is 14.1. The predicted octanol–water partition coefficient (Wildman–Crippen LogP) is 6.13. The van der Waals surface area contributed by atoms with Crippen molar-refractivity contribution in [2.75, 3.05) is 6.61 Å². The molecule has 0 fully saturated rings. The molecule has 0 atom stereocenters. The molecule has 0 radical (unpaired) electrons. The highest BCUT2D eigenvalue weighted by Gasteiger charge is 2.16. The number of esters is 1. The van der Waals surface area contributed by atoms with Crippen molar-refractivity contribution in [3.63, 3.8) is 0 Å². The molecule has 2 aromatic heterocycles. The number of imidazole rings is 1. The summed E-state index contributed by atoms with van der Waals surface area (Å²) in [7, 11) is 0. The maximum atomic E-state index is 12.6. The summed E-state index contributed by atoms with van der Waals surface area (Å²) in [6, 6.07) is 12.6. The second-order valence-corrected chi connectivity index (χ2v) is 9.34. The third-order valence-corrected chi connectivity index (χ3v) is 6.38. The topological polar surface area (TPSA) is 44.1 Å². The van der Waals surface area contributed by atoms with E-state index in [2.05, 4.69) is 58.3 Å². The number of nitrogens with zero attached hydrogens (tertiary/aromatic N) is 2. The monoisotopic (exact) mass is 534 g/mol. The van der Waals surface area contributed by atoms with E-state index < -0.39 is 0 Å². The van der Waals surface area contributed by atoms with Gasteiger partial charge in [0.05, 0.1) is 18.5 Å².